The molecule has 43 heavy (non-hydrogen) atoms. The van der Waals surface area contributed by atoms with Gasteiger partial charge in [0.15, 0.2) is 11.2 Å². The monoisotopic (exact) mass is 603 g/mol. The summed E-state index contributed by atoms with van der Waals surface area (Å²) in [7, 11) is -3.88. The molecular formula is C34H37NO7S. The van der Waals surface area contributed by atoms with E-state index >= 15 is 0 Å². The number of esters is 2. The molecule has 0 N–H and O–H groups in total. The number of carbonyl (C=O) groups excluding carboxylic acids is 3. The highest BCUT2D eigenvalue weighted by Crippen LogP contribution is 2.58. The molecule has 226 valence electrons. The maximum atomic E-state index is 14.6. The van der Waals surface area contributed by atoms with Crippen LogP contribution in [0, 0.1) is 24.2 Å². The highest BCUT2D eigenvalue weighted by Gasteiger charge is 2.60. The molecule has 8 nitrogen and oxygen atoms in total. The minimum absolute atomic E-state index is 0.00725. The van der Waals surface area contributed by atoms with E-state index in [0.29, 0.717) is 24.0 Å². The predicted octanol–water partition coefficient (Wildman–Crippen LogP) is 5.02. The molecule has 0 radical (unpaired) electrons. The van der Waals surface area contributed by atoms with E-state index in [4.69, 9.17) is 9.47 Å². The third kappa shape index (κ3) is 4.68. The lowest BCUT2D eigenvalue weighted by atomic mass is 9.71. The van der Waals surface area contributed by atoms with Crippen molar-refractivity contribution in [1.82, 2.24) is 4.31 Å². The third-order valence-electron chi connectivity index (χ3n) is 9.58. The first-order valence-corrected chi connectivity index (χ1v) is 16.6. The molecule has 1 saturated heterocycles. The van der Waals surface area contributed by atoms with Gasteiger partial charge in [-0.3, -0.25) is 14.4 Å². The van der Waals surface area contributed by atoms with Crippen molar-refractivity contribution in [2.24, 2.45) is 17.3 Å². The lowest BCUT2D eigenvalue weighted by molar-refractivity contribution is -0.171. The van der Waals surface area contributed by atoms with E-state index in [1.54, 1.807) is 42.4 Å². The first-order chi connectivity index (χ1) is 20.6. The molecule has 2 saturated carbocycles. The normalized spacial score (nSPS) is 24.8. The minimum Gasteiger partial charge on any atom is -0.465 e. The van der Waals surface area contributed by atoms with Gasteiger partial charge in [-0.1, -0.05) is 54.4 Å². The van der Waals surface area contributed by atoms with E-state index in [2.05, 4.69) is 0 Å². The van der Waals surface area contributed by atoms with Crippen LogP contribution in [0.5, 0.6) is 0 Å². The summed E-state index contributed by atoms with van der Waals surface area (Å²) in [6.45, 7) is 5.57. The number of aryl methyl sites for hydroxylation is 1. The van der Waals surface area contributed by atoms with Crippen LogP contribution in [-0.2, 0) is 33.9 Å². The summed E-state index contributed by atoms with van der Waals surface area (Å²) in [4.78, 5) is 42.0. The van der Waals surface area contributed by atoms with Crippen LogP contribution in [0.3, 0.4) is 0 Å². The number of benzene rings is 2. The lowest BCUT2D eigenvalue weighted by Crippen LogP contribution is -2.43. The average molecular weight is 604 g/mol. The molecular weight excluding hydrogens is 566 g/mol. The summed E-state index contributed by atoms with van der Waals surface area (Å²) in [5.74, 6) is -2.15. The van der Waals surface area contributed by atoms with Gasteiger partial charge >= 0.3 is 11.9 Å². The van der Waals surface area contributed by atoms with Crippen molar-refractivity contribution in [3.8, 4) is 0 Å². The van der Waals surface area contributed by atoms with Crippen molar-refractivity contribution in [2.45, 2.75) is 63.8 Å². The first-order valence-electron chi connectivity index (χ1n) is 15.1. The van der Waals surface area contributed by atoms with Crippen LogP contribution in [0.4, 0.5) is 0 Å². The molecule has 0 aromatic heterocycles. The van der Waals surface area contributed by atoms with Crippen molar-refractivity contribution in [1.29, 1.82) is 0 Å². The summed E-state index contributed by atoms with van der Waals surface area (Å²) in [5.41, 5.74) is 2.77. The molecule has 3 aliphatic carbocycles. The number of hydrogen-bond acceptors (Lipinski definition) is 7. The lowest BCUT2D eigenvalue weighted by Gasteiger charge is -2.36. The first kappa shape index (κ1) is 29.5. The van der Waals surface area contributed by atoms with Gasteiger partial charge in [0, 0.05) is 36.4 Å². The largest absolute Gasteiger partial charge is 0.465 e. The van der Waals surface area contributed by atoms with Gasteiger partial charge in [0.1, 0.15) is 0 Å². The second kappa shape index (κ2) is 11.2. The Bertz CT molecular complexity index is 1620. The van der Waals surface area contributed by atoms with Gasteiger partial charge in [-0.2, -0.15) is 4.31 Å². The highest BCUT2D eigenvalue weighted by molar-refractivity contribution is 7.89. The maximum Gasteiger partial charge on any atom is 0.324 e. The Morgan fingerprint density at radius 3 is 2.16 bits per heavy atom. The Balaban J connectivity index is 1.58. The number of fused-ring (bicyclic) bond motifs is 1. The molecule has 3 atom stereocenters. The standard InChI is InChI=1S/C34H37NO7S/c1-4-41-32(37)34(33(38)42-5-2)18-25-26(19-34)29(22-10-7-6-8-11-22)31(36)24-12-9-13-28-30(24)27(25)20-35(28)43(39,40)23-16-14-21(3)15-17-23/h6-8,10-11,14-17,24,28,30H,4-5,9,12-13,18-20H2,1-3H3/t24-,28+,30+/m1/s1. The second-order valence-electron chi connectivity index (χ2n) is 12.0. The zero-order valence-corrected chi connectivity index (χ0v) is 25.6. The zero-order chi connectivity index (χ0) is 30.5. The number of ether oxygens (including phenoxy) is 2. The van der Waals surface area contributed by atoms with Gasteiger partial charge in [0.2, 0.25) is 10.0 Å². The van der Waals surface area contributed by atoms with E-state index in [0.717, 1.165) is 28.7 Å². The summed E-state index contributed by atoms with van der Waals surface area (Å²) >= 11 is 0. The Hall–Kier alpha value is -3.56. The van der Waals surface area contributed by atoms with Gasteiger partial charge < -0.3 is 9.47 Å². The number of ketones is 1. The van der Waals surface area contributed by atoms with Crippen LogP contribution in [0.15, 0.2) is 76.2 Å². The van der Waals surface area contributed by atoms with Crippen molar-refractivity contribution in [3.05, 3.63) is 82.4 Å². The molecule has 0 spiro atoms. The van der Waals surface area contributed by atoms with Gasteiger partial charge in [0.05, 0.1) is 18.1 Å². The van der Waals surface area contributed by atoms with Gasteiger partial charge in [-0.15, -0.1) is 0 Å². The zero-order valence-electron chi connectivity index (χ0n) is 24.8. The molecule has 2 aromatic rings. The van der Waals surface area contributed by atoms with E-state index in [1.807, 2.05) is 37.3 Å². The Morgan fingerprint density at radius 1 is 0.907 bits per heavy atom. The van der Waals surface area contributed by atoms with Crippen molar-refractivity contribution < 1.29 is 32.3 Å². The molecule has 6 rings (SSSR count). The van der Waals surface area contributed by atoms with Crippen LogP contribution in [-0.4, -0.2) is 56.2 Å². The predicted molar refractivity (Wildman–Crippen MR) is 160 cm³/mol. The number of rotatable bonds is 7. The molecule has 0 unspecified atom stereocenters. The van der Waals surface area contributed by atoms with Crippen LogP contribution in [0.2, 0.25) is 0 Å². The van der Waals surface area contributed by atoms with Crippen LogP contribution in [0.25, 0.3) is 5.57 Å². The van der Waals surface area contributed by atoms with Crippen molar-refractivity contribution >= 4 is 33.3 Å². The van der Waals surface area contributed by atoms with E-state index < -0.39 is 39.3 Å². The fraction of sp³-hybridized carbons (Fsp3) is 0.441. The fourth-order valence-corrected chi connectivity index (χ4v) is 9.31. The van der Waals surface area contributed by atoms with Gasteiger partial charge in [0.25, 0.3) is 0 Å². The second-order valence-corrected chi connectivity index (χ2v) is 13.8. The number of carbonyl (C=O) groups is 3. The van der Waals surface area contributed by atoms with Crippen molar-refractivity contribution in [3.63, 3.8) is 0 Å². The smallest absolute Gasteiger partial charge is 0.324 e. The van der Waals surface area contributed by atoms with Crippen molar-refractivity contribution in [2.75, 3.05) is 19.8 Å². The van der Waals surface area contributed by atoms with Crippen LogP contribution >= 0.6 is 0 Å². The highest BCUT2D eigenvalue weighted by atomic mass is 32.2. The number of allylic oxidation sites excluding steroid dienone is 3. The van der Waals surface area contributed by atoms with E-state index in [-0.39, 0.29) is 49.2 Å². The maximum absolute atomic E-state index is 14.6. The van der Waals surface area contributed by atoms with Gasteiger partial charge in [-0.25, -0.2) is 8.42 Å². The average Bonchev–Trinajstić information content (AvgIpc) is 3.57. The molecule has 1 heterocycles. The number of sulfonamides is 1. The summed E-state index contributed by atoms with van der Waals surface area (Å²) in [5, 5.41) is 0. The molecule has 0 amide bonds. The topological polar surface area (TPSA) is 107 Å². The molecule has 2 aromatic carbocycles. The Morgan fingerprint density at radius 2 is 1.53 bits per heavy atom. The Labute approximate surface area is 252 Å². The van der Waals surface area contributed by atoms with Crippen LogP contribution < -0.4 is 0 Å². The number of Topliss-reactive ketones (excluding diaryl/α,β-unsaturated/α-hetero) is 1. The van der Waals surface area contributed by atoms with E-state index in [1.165, 1.54) is 0 Å². The molecule has 4 aliphatic rings. The summed E-state index contributed by atoms with van der Waals surface area (Å²) in [6, 6.07) is 15.8. The molecule has 0 bridgehead atoms. The SMILES string of the molecule is CCOC(=O)C1(C(=O)OCC)CC2=C(c3ccccc3)C(=O)[C@@H]3CCC[C@H]4[C@@H]3C(=C2C1)CN4S(=O)(=O)c1ccc(C)cc1. The molecule has 3 fully saturated rings. The third-order valence-corrected chi connectivity index (χ3v) is 11.5. The van der Waals surface area contributed by atoms with Crippen LogP contribution in [0.1, 0.15) is 57.1 Å². The van der Waals surface area contributed by atoms with Gasteiger partial charge in [-0.05, 0) is 74.4 Å². The molecule has 1 aliphatic heterocycles. The number of nitrogens with zero attached hydrogens (tertiary/aromatic N) is 1. The van der Waals surface area contributed by atoms with E-state index in [9.17, 15) is 22.8 Å². The molecule has 9 heteroatoms. The minimum atomic E-state index is -3.88. The number of hydrogen-bond donors (Lipinski definition) is 0. The quantitative estimate of drug-likeness (QED) is 0.323. The fourth-order valence-electron chi connectivity index (χ4n) is 7.65. The summed E-state index contributed by atoms with van der Waals surface area (Å²) < 4.78 is 40.7. The summed E-state index contributed by atoms with van der Waals surface area (Å²) in [6.07, 6.45) is 1.99. The Kier molecular flexibility index (Phi) is 7.67.